The molecule has 6 heteroatoms. The molecule has 0 radical (unpaired) electrons. The van der Waals surface area contributed by atoms with Crippen LogP contribution in [-0.4, -0.2) is 19.0 Å². The number of nitrogens with one attached hydrogen (secondary N) is 2. The third kappa shape index (κ3) is 5.75. The van der Waals surface area contributed by atoms with Crippen molar-refractivity contribution in [1.82, 2.24) is 10.6 Å². The minimum absolute atomic E-state index is 0. The third-order valence-electron chi connectivity index (χ3n) is 3.09. The molecule has 0 spiro atoms. The van der Waals surface area contributed by atoms with Gasteiger partial charge in [-0.25, -0.2) is 0 Å². The van der Waals surface area contributed by atoms with Crippen molar-refractivity contribution in [3.63, 3.8) is 0 Å². The second-order valence-corrected chi connectivity index (χ2v) is 4.90. The molecule has 122 valence electrons. The third-order valence-corrected chi connectivity index (χ3v) is 3.09. The minimum atomic E-state index is 0. The Morgan fingerprint density at radius 1 is 1.32 bits per heavy atom. The van der Waals surface area contributed by atoms with Crippen LogP contribution in [0.3, 0.4) is 0 Å². The number of aliphatic imine (C=N–C) groups is 1. The summed E-state index contributed by atoms with van der Waals surface area (Å²) < 4.78 is 10.9. The number of nitrogens with zero attached hydrogens (tertiary/aromatic N) is 1. The first-order chi connectivity index (χ1) is 10.2. The van der Waals surface area contributed by atoms with Gasteiger partial charge in [-0.15, -0.1) is 24.0 Å². The summed E-state index contributed by atoms with van der Waals surface area (Å²) in [5, 5.41) is 6.58. The lowest BCUT2D eigenvalue weighted by molar-refractivity contribution is 0.441. The van der Waals surface area contributed by atoms with E-state index in [4.69, 9.17) is 8.83 Å². The summed E-state index contributed by atoms with van der Waals surface area (Å²) in [4.78, 5) is 4.55. The van der Waals surface area contributed by atoms with Crippen LogP contribution >= 0.6 is 24.0 Å². The minimum Gasteiger partial charge on any atom is -0.469 e. The summed E-state index contributed by atoms with van der Waals surface area (Å²) in [6.07, 6.45) is 2.47. The first-order valence-electron chi connectivity index (χ1n) is 7.32. The monoisotopic (exact) mass is 417 g/mol. The van der Waals surface area contributed by atoms with Crippen LogP contribution in [0.2, 0.25) is 0 Å². The van der Waals surface area contributed by atoms with E-state index in [0.717, 1.165) is 36.2 Å². The summed E-state index contributed by atoms with van der Waals surface area (Å²) in [5.74, 6) is 3.55. The van der Waals surface area contributed by atoms with Gasteiger partial charge in [-0.05, 0) is 45.0 Å². The first kappa shape index (κ1) is 18.6. The smallest absolute Gasteiger partial charge is 0.191 e. The lowest BCUT2D eigenvalue weighted by atomic mass is 10.2. The number of hydrogen-bond donors (Lipinski definition) is 2. The molecule has 1 unspecified atom stereocenters. The fraction of sp³-hybridized carbons (Fsp3) is 0.438. The highest BCUT2D eigenvalue weighted by Gasteiger charge is 2.11. The van der Waals surface area contributed by atoms with Gasteiger partial charge >= 0.3 is 0 Å². The summed E-state index contributed by atoms with van der Waals surface area (Å²) in [6, 6.07) is 7.88. The van der Waals surface area contributed by atoms with Crippen LogP contribution in [0.1, 0.15) is 37.2 Å². The van der Waals surface area contributed by atoms with Crippen molar-refractivity contribution < 1.29 is 8.83 Å². The van der Waals surface area contributed by atoms with Crippen LogP contribution in [0.25, 0.3) is 0 Å². The van der Waals surface area contributed by atoms with Gasteiger partial charge in [0.25, 0.3) is 0 Å². The van der Waals surface area contributed by atoms with Crippen molar-refractivity contribution in [3.05, 3.63) is 47.8 Å². The molecule has 0 aliphatic rings. The van der Waals surface area contributed by atoms with E-state index in [0.29, 0.717) is 6.54 Å². The SMILES string of the molecule is CCNC(=NCCc1ccco1)NC(C)c1ccc(C)o1.I. The molecule has 0 fully saturated rings. The van der Waals surface area contributed by atoms with Crippen LogP contribution in [0.5, 0.6) is 0 Å². The Labute approximate surface area is 148 Å². The molecule has 0 aromatic carbocycles. The molecule has 0 bridgehead atoms. The highest BCUT2D eigenvalue weighted by atomic mass is 127. The fourth-order valence-corrected chi connectivity index (χ4v) is 2.02. The van der Waals surface area contributed by atoms with Gasteiger partial charge in [0.1, 0.15) is 17.3 Å². The molecule has 1 atom stereocenters. The lowest BCUT2D eigenvalue weighted by Gasteiger charge is -2.16. The predicted octanol–water partition coefficient (Wildman–Crippen LogP) is 3.66. The maximum atomic E-state index is 5.63. The van der Waals surface area contributed by atoms with Crippen molar-refractivity contribution in [2.75, 3.05) is 13.1 Å². The van der Waals surface area contributed by atoms with E-state index in [2.05, 4.69) is 22.5 Å². The molecule has 0 saturated heterocycles. The van der Waals surface area contributed by atoms with Gasteiger partial charge in [-0.2, -0.15) is 0 Å². The van der Waals surface area contributed by atoms with Crippen LogP contribution in [0, 0.1) is 6.92 Å². The average Bonchev–Trinajstić information content (AvgIpc) is 3.10. The van der Waals surface area contributed by atoms with Crippen molar-refractivity contribution in [1.29, 1.82) is 0 Å². The molecular formula is C16H24IN3O2. The average molecular weight is 417 g/mol. The molecule has 0 amide bonds. The van der Waals surface area contributed by atoms with E-state index in [1.54, 1.807) is 6.26 Å². The van der Waals surface area contributed by atoms with Gasteiger partial charge in [0.05, 0.1) is 12.3 Å². The number of furan rings is 2. The number of hydrogen-bond acceptors (Lipinski definition) is 3. The molecule has 5 nitrogen and oxygen atoms in total. The summed E-state index contributed by atoms with van der Waals surface area (Å²) in [6.45, 7) is 7.53. The van der Waals surface area contributed by atoms with Gasteiger partial charge < -0.3 is 19.5 Å². The lowest BCUT2D eigenvalue weighted by Crippen LogP contribution is -2.38. The first-order valence-corrected chi connectivity index (χ1v) is 7.32. The molecule has 2 rings (SSSR count). The predicted molar refractivity (Wildman–Crippen MR) is 98.8 cm³/mol. The summed E-state index contributed by atoms with van der Waals surface area (Å²) in [7, 11) is 0. The van der Waals surface area contributed by atoms with Gasteiger partial charge in [0, 0.05) is 19.5 Å². The van der Waals surface area contributed by atoms with Gasteiger partial charge in [-0.3, -0.25) is 4.99 Å². The zero-order valence-corrected chi connectivity index (χ0v) is 15.6. The molecule has 2 aromatic rings. The van der Waals surface area contributed by atoms with E-state index in [1.165, 1.54) is 0 Å². The molecule has 0 saturated carbocycles. The Morgan fingerprint density at radius 3 is 2.73 bits per heavy atom. The fourth-order valence-electron chi connectivity index (χ4n) is 2.02. The Kier molecular flexibility index (Phi) is 8.08. The number of aryl methyl sites for hydroxylation is 1. The Balaban J connectivity index is 0.00000242. The van der Waals surface area contributed by atoms with Crippen molar-refractivity contribution in [3.8, 4) is 0 Å². The maximum Gasteiger partial charge on any atom is 0.191 e. The molecule has 0 aliphatic carbocycles. The van der Waals surface area contributed by atoms with E-state index >= 15 is 0 Å². The number of rotatable bonds is 6. The molecule has 2 heterocycles. The topological polar surface area (TPSA) is 62.7 Å². The van der Waals surface area contributed by atoms with Crippen LogP contribution < -0.4 is 10.6 Å². The highest BCUT2D eigenvalue weighted by molar-refractivity contribution is 14.0. The van der Waals surface area contributed by atoms with Crippen molar-refractivity contribution in [2.45, 2.75) is 33.2 Å². The standard InChI is InChI=1S/C16H23N3O2.HI/c1-4-17-16(18-10-9-14-6-5-11-20-14)19-13(3)15-8-7-12(2)21-15;/h5-8,11,13H,4,9-10H2,1-3H3,(H2,17,18,19);1H. The zero-order chi connectivity index (χ0) is 15.1. The second kappa shape index (κ2) is 9.55. The van der Waals surface area contributed by atoms with Gasteiger partial charge in [0.15, 0.2) is 5.96 Å². The van der Waals surface area contributed by atoms with Crippen LogP contribution in [0.4, 0.5) is 0 Å². The highest BCUT2D eigenvalue weighted by Crippen LogP contribution is 2.15. The molecule has 22 heavy (non-hydrogen) atoms. The molecule has 0 aliphatic heterocycles. The van der Waals surface area contributed by atoms with Crippen LogP contribution in [-0.2, 0) is 6.42 Å². The van der Waals surface area contributed by atoms with Crippen LogP contribution in [0.15, 0.2) is 44.4 Å². The van der Waals surface area contributed by atoms with Crippen molar-refractivity contribution in [2.24, 2.45) is 4.99 Å². The second-order valence-electron chi connectivity index (χ2n) is 4.90. The number of guanidine groups is 1. The van der Waals surface area contributed by atoms with Crippen molar-refractivity contribution >= 4 is 29.9 Å². The number of halogens is 1. The Bertz CT molecular complexity index is 564. The molecule has 2 aromatic heterocycles. The van der Waals surface area contributed by atoms with E-state index in [1.807, 2.05) is 38.1 Å². The molecule has 2 N–H and O–H groups in total. The van der Waals surface area contributed by atoms with E-state index in [-0.39, 0.29) is 30.0 Å². The van der Waals surface area contributed by atoms with Gasteiger partial charge in [0.2, 0.25) is 0 Å². The van der Waals surface area contributed by atoms with E-state index < -0.39 is 0 Å². The largest absolute Gasteiger partial charge is 0.469 e. The zero-order valence-electron chi connectivity index (χ0n) is 13.3. The van der Waals surface area contributed by atoms with E-state index in [9.17, 15) is 0 Å². The summed E-state index contributed by atoms with van der Waals surface area (Å²) in [5.41, 5.74) is 0. The summed E-state index contributed by atoms with van der Waals surface area (Å²) >= 11 is 0. The maximum absolute atomic E-state index is 5.63. The Hall–Kier alpha value is -1.44. The molecular weight excluding hydrogens is 393 g/mol. The Morgan fingerprint density at radius 2 is 2.14 bits per heavy atom. The quantitative estimate of drug-likeness (QED) is 0.428. The normalized spacial score (nSPS) is 12.6. The van der Waals surface area contributed by atoms with Gasteiger partial charge in [-0.1, -0.05) is 0 Å².